The van der Waals surface area contributed by atoms with Crippen molar-refractivity contribution in [3.8, 4) is 0 Å². The zero-order valence-corrected chi connectivity index (χ0v) is 12.2. The van der Waals surface area contributed by atoms with Gasteiger partial charge in [0.15, 0.2) is 0 Å². The van der Waals surface area contributed by atoms with Crippen LogP contribution in [0, 0.1) is 6.92 Å². The van der Waals surface area contributed by atoms with Gasteiger partial charge in [-0.05, 0) is 30.7 Å². The maximum Gasteiger partial charge on any atom is 0.246 e. The highest BCUT2D eigenvalue weighted by Gasteiger charge is 2.13. The lowest BCUT2D eigenvalue weighted by atomic mass is 10.2. The number of benzene rings is 1. The molecule has 2 aromatic rings. The number of aryl methyl sites for hydroxylation is 1. The van der Waals surface area contributed by atoms with E-state index in [0.29, 0.717) is 26.3 Å². The van der Waals surface area contributed by atoms with Crippen molar-refractivity contribution in [2.75, 3.05) is 26.3 Å². The first-order chi connectivity index (χ1) is 9.72. The molecule has 20 heavy (non-hydrogen) atoms. The summed E-state index contributed by atoms with van der Waals surface area (Å²) in [6, 6.07) is 6.09. The SMILES string of the molecule is Cc1nc2cc(/C=C/C(=O)N3CCOCC3)ccc2s1. The molecule has 0 aliphatic carbocycles. The zero-order valence-electron chi connectivity index (χ0n) is 11.3. The summed E-state index contributed by atoms with van der Waals surface area (Å²) in [5, 5.41) is 1.06. The lowest BCUT2D eigenvalue weighted by Gasteiger charge is -2.25. The molecule has 0 spiro atoms. The van der Waals surface area contributed by atoms with Crippen LogP contribution in [0.3, 0.4) is 0 Å². The lowest BCUT2D eigenvalue weighted by Crippen LogP contribution is -2.39. The van der Waals surface area contributed by atoms with Gasteiger partial charge in [-0.1, -0.05) is 6.07 Å². The Morgan fingerprint density at radius 1 is 1.40 bits per heavy atom. The predicted octanol–water partition coefficient (Wildman–Crippen LogP) is 2.48. The molecule has 0 atom stereocenters. The molecule has 1 fully saturated rings. The minimum absolute atomic E-state index is 0.0443. The van der Waals surface area contributed by atoms with Crippen molar-refractivity contribution < 1.29 is 9.53 Å². The van der Waals surface area contributed by atoms with Crippen molar-refractivity contribution in [1.29, 1.82) is 0 Å². The second-order valence-electron chi connectivity index (χ2n) is 4.73. The van der Waals surface area contributed by atoms with Gasteiger partial charge in [0.1, 0.15) is 0 Å². The van der Waals surface area contributed by atoms with E-state index in [1.54, 1.807) is 17.4 Å². The number of amides is 1. The smallest absolute Gasteiger partial charge is 0.246 e. The molecule has 1 aromatic carbocycles. The van der Waals surface area contributed by atoms with Crippen molar-refractivity contribution in [2.45, 2.75) is 6.92 Å². The van der Waals surface area contributed by atoms with Crippen LogP contribution >= 0.6 is 11.3 Å². The Balaban J connectivity index is 1.74. The Kier molecular flexibility index (Phi) is 3.80. The van der Waals surface area contributed by atoms with E-state index in [0.717, 1.165) is 16.1 Å². The molecule has 0 N–H and O–H groups in total. The molecule has 0 bridgehead atoms. The van der Waals surface area contributed by atoms with Crippen molar-refractivity contribution in [3.63, 3.8) is 0 Å². The molecular formula is C15H16N2O2S. The van der Waals surface area contributed by atoms with E-state index in [1.807, 2.05) is 30.0 Å². The highest BCUT2D eigenvalue weighted by molar-refractivity contribution is 7.18. The summed E-state index contributed by atoms with van der Waals surface area (Å²) in [6.45, 7) is 4.61. The fourth-order valence-electron chi connectivity index (χ4n) is 2.22. The topological polar surface area (TPSA) is 42.4 Å². The highest BCUT2D eigenvalue weighted by atomic mass is 32.1. The summed E-state index contributed by atoms with van der Waals surface area (Å²) in [5.74, 6) is 0.0443. The third-order valence-electron chi connectivity index (χ3n) is 3.26. The van der Waals surface area contributed by atoms with E-state index < -0.39 is 0 Å². The molecule has 0 radical (unpaired) electrons. The summed E-state index contributed by atoms with van der Waals surface area (Å²) >= 11 is 1.68. The van der Waals surface area contributed by atoms with Crippen LogP contribution in [0.5, 0.6) is 0 Å². The third-order valence-corrected chi connectivity index (χ3v) is 4.21. The first-order valence-corrected chi connectivity index (χ1v) is 7.46. The van der Waals surface area contributed by atoms with Gasteiger partial charge in [-0.2, -0.15) is 0 Å². The average Bonchev–Trinajstić information content (AvgIpc) is 2.85. The highest BCUT2D eigenvalue weighted by Crippen LogP contribution is 2.22. The van der Waals surface area contributed by atoms with Crippen LogP contribution in [0.1, 0.15) is 10.6 Å². The lowest BCUT2D eigenvalue weighted by molar-refractivity contribution is -0.129. The van der Waals surface area contributed by atoms with Crippen LogP contribution in [-0.4, -0.2) is 42.1 Å². The number of hydrogen-bond donors (Lipinski definition) is 0. The minimum Gasteiger partial charge on any atom is -0.378 e. The second-order valence-corrected chi connectivity index (χ2v) is 5.97. The Morgan fingerprint density at radius 2 is 2.20 bits per heavy atom. The van der Waals surface area contributed by atoms with Crippen LogP contribution in [0.15, 0.2) is 24.3 Å². The average molecular weight is 288 g/mol. The number of rotatable bonds is 2. The van der Waals surface area contributed by atoms with Crippen molar-refractivity contribution in [3.05, 3.63) is 34.8 Å². The van der Waals surface area contributed by atoms with E-state index in [9.17, 15) is 4.79 Å². The van der Waals surface area contributed by atoms with Crippen LogP contribution in [0.25, 0.3) is 16.3 Å². The molecule has 5 heteroatoms. The Morgan fingerprint density at radius 3 is 3.00 bits per heavy atom. The van der Waals surface area contributed by atoms with Crippen LogP contribution in [0.2, 0.25) is 0 Å². The number of hydrogen-bond acceptors (Lipinski definition) is 4. The molecule has 1 aromatic heterocycles. The van der Waals surface area contributed by atoms with Crippen molar-refractivity contribution in [1.82, 2.24) is 9.88 Å². The van der Waals surface area contributed by atoms with Gasteiger partial charge in [-0.15, -0.1) is 11.3 Å². The summed E-state index contributed by atoms with van der Waals surface area (Å²) in [6.07, 6.45) is 3.48. The van der Waals surface area contributed by atoms with Gasteiger partial charge in [0.05, 0.1) is 28.4 Å². The first kappa shape index (κ1) is 13.3. The first-order valence-electron chi connectivity index (χ1n) is 6.64. The van der Waals surface area contributed by atoms with E-state index in [2.05, 4.69) is 11.1 Å². The standard InChI is InChI=1S/C15H16N2O2S/c1-11-16-13-10-12(2-4-14(13)20-11)3-5-15(18)17-6-8-19-9-7-17/h2-5,10H,6-9H2,1H3/b5-3+. The molecule has 0 unspecified atom stereocenters. The number of carbonyl (C=O) groups is 1. The van der Waals surface area contributed by atoms with Gasteiger partial charge < -0.3 is 9.64 Å². The fraction of sp³-hybridized carbons (Fsp3) is 0.333. The molecule has 1 saturated heterocycles. The molecule has 1 aliphatic rings. The fourth-order valence-corrected chi connectivity index (χ4v) is 3.03. The molecule has 104 valence electrons. The van der Waals surface area contributed by atoms with Crippen molar-refractivity contribution in [2.24, 2.45) is 0 Å². The number of fused-ring (bicyclic) bond motifs is 1. The van der Waals surface area contributed by atoms with Crippen LogP contribution < -0.4 is 0 Å². The molecule has 3 rings (SSSR count). The second kappa shape index (κ2) is 5.73. The summed E-state index contributed by atoms with van der Waals surface area (Å²) < 4.78 is 6.42. The maximum atomic E-state index is 12.0. The number of morpholine rings is 1. The molecule has 1 aliphatic heterocycles. The Hall–Kier alpha value is -1.72. The number of ether oxygens (including phenoxy) is 1. The van der Waals surface area contributed by atoms with Gasteiger partial charge in [0.2, 0.25) is 5.91 Å². The van der Waals surface area contributed by atoms with E-state index in [-0.39, 0.29) is 5.91 Å². The van der Waals surface area contributed by atoms with Gasteiger partial charge in [-0.25, -0.2) is 4.98 Å². The molecule has 4 nitrogen and oxygen atoms in total. The minimum atomic E-state index is 0.0443. The number of nitrogens with zero attached hydrogens (tertiary/aromatic N) is 2. The van der Waals surface area contributed by atoms with Gasteiger partial charge in [0.25, 0.3) is 0 Å². The van der Waals surface area contributed by atoms with E-state index in [1.165, 1.54) is 4.70 Å². The Bertz CT molecular complexity index is 657. The number of carbonyl (C=O) groups excluding carboxylic acids is 1. The zero-order chi connectivity index (χ0) is 13.9. The van der Waals surface area contributed by atoms with Crippen molar-refractivity contribution >= 4 is 33.5 Å². The summed E-state index contributed by atoms with van der Waals surface area (Å²) in [5.41, 5.74) is 2.00. The number of thiazole rings is 1. The largest absolute Gasteiger partial charge is 0.378 e. The van der Waals surface area contributed by atoms with E-state index in [4.69, 9.17) is 4.74 Å². The Labute approximate surface area is 121 Å². The maximum absolute atomic E-state index is 12.0. The molecular weight excluding hydrogens is 272 g/mol. The third kappa shape index (κ3) is 2.89. The molecule has 2 heterocycles. The normalized spacial score (nSPS) is 16.1. The van der Waals surface area contributed by atoms with E-state index >= 15 is 0 Å². The monoisotopic (exact) mass is 288 g/mol. The van der Waals surface area contributed by atoms with Gasteiger partial charge in [-0.3, -0.25) is 4.79 Å². The quantitative estimate of drug-likeness (QED) is 0.797. The molecule has 0 saturated carbocycles. The molecule has 1 amide bonds. The van der Waals surface area contributed by atoms with Crippen LogP contribution in [0.4, 0.5) is 0 Å². The number of aromatic nitrogens is 1. The van der Waals surface area contributed by atoms with Crippen LogP contribution in [-0.2, 0) is 9.53 Å². The van der Waals surface area contributed by atoms with Gasteiger partial charge in [0, 0.05) is 19.2 Å². The summed E-state index contributed by atoms with van der Waals surface area (Å²) in [7, 11) is 0. The van der Waals surface area contributed by atoms with Gasteiger partial charge >= 0.3 is 0 Å². The summed E-state index contributed by atoms with van der Waals surface area (Å²) in [4.78, 5) is 18.3. The predicted molar refractivity (Wildman–Crippen MR) is 80.8 cm³/mol.